The molecule has 4 N–H and O–H groups in total. The lowest BCUT2D eigenvalue weighted by atomic mass is 9.96. The minimum absolute atomic E-state index is 0.0514. The average molecular weight is 976 g/mol. The first kappa shape index (κ1) is 53.3. The van der Waals surface area contributed by atoms with Crippen LogP contribution in [0.1, 0.15) is 88.8 Å². The number of nitrogens with zero attached hydrogens (tertiary/aromatic N) is 5. The van der Waals surface area contributed by atoms with Crippen LogP contribution in [0.15, 0.2) is 69.4 Å². The first-order valence-corrected chi connectivity index (χ1v) is 23.5. The molecule has 1 unspecified atom stereocenters. The molecule has 2 aliphatic heterocycles. The fourth-order valence-corrected chi connectivity index (χ4v) is 9.08. The zero-order chi connectivity index (χ0) is 50.6. The normalized spacial score (nSPS) is 19.3. The number of amides is 4. The van der Waals surface area contributed by atoms with E-state index in [1.165, 1.54) is 29.8 Å². The Morgan fingerprint density at radius 1 is 0.971 bits per heavy atom. The number of rotatable bonds is 20. The Morgan fingerprint density at radius 2 is 1.67 bits per heavy atom. The van der Waals surface area contributed by atoms with Gasteiger partial charge in [0.1, 0.15) is 37.3 Å². The summed E-state index contributed by atoms with van der Waals surface area (Å²) in [5.74, 6) is -3.38. The largest absolute Gasteiger partial charge is 0.483 e. The highest BCUT2D eigenvalue weighted by Crippen LogP contribution is 2.40. The van der Waals surface area contributed by atoms with Crippen LogP contribution in [-0.2, 0) is 49.4 Å². The summed E-state index contributed by atoms with van der Waals surface area (Å²) in [4.78, 5) is 112. The summed E-state index contributed by atoms with van der Waals surface area (Å²) in [6, 6.07) is 11.7. The first-order valence-electron chi connectivity index (χ1n) is 22.5. The van der Waals surface area contributed by atoms with Crippen LogP contribution in [0, 0.1) is 20.8 Å². The monoisotopic (exact) mass is 975 g/mol. The number of carbonyl (C=O) groups is 6. The lowest BCUT2D eigenvalue weighted by Gasteiger charge is -2.36. The Balaban J connectivity index is 1.24. The number of thioether (sulfide) groups is 1. The van der Waals surface area contributed by atoms with Gasteiger partial charge in [-0.3, -0.25) is 43.1 Å². The van der Waals surface area contributed by atoms with Crippen molar-refractivity contribution in [2.45, 2.75) is 134 Å². The summed E-state index contributed by atoms with van der Waals surface area (Å²) in [6.07, 6.45) is -2.68. The van der Waals surface area contributed by atoms with Crippen LogP contribution in [0.2, 0.25) is 0 Å². The maximum Gasteiger partial charge on any atom is 0.330 e. The number of aryl methyl sites for hydroxylation is 3. The second-order valence-corrected chi connectivity index (χ2v) is 20.1. The van der Waals surface area contributed by atoms with Crippen LogP contribution in [-0.4, -0.2) is 116 Å². The average Bonchev–Trinajstić information content (AvgIpc) is 3.83. The summed E-state index contributed by atoms with van der Waals surface area (Å²) >= 11 is 1.38. The molecule has 0 spiro atoms. The van der Waals surface area contributed by atoms with Crippen molar-refractivity contribution >= 4 is 47.3 Å². The Bertz CT molecular complexity index is 2520. The van der Waals surface area contributed by atoms with E-state index in [4.69, 9.17) is 24.5 Å². The van der Waals surface area contributed by atoms with Crippen molar-refractivity contribution in [3.05, 3.63) is 108 Å². The lowest BCUT2D eigenvalue weighted by Crippen LogP contribution is -2.61. The molecule has 0 saturated carbocycles. The van der Waals surface area contributed by atoms with E-state index in [2.05, 4.69) is 31.0 Å². The zero-order valence-electron chi connectivity index (χ0n) is 40.1. The fraction of sp³-hybridized carbons (Fsp3) is 0.532. The smallest absolute Gasteiger partial charge is 0.330 e. The number of hydrogen-bond donors (Lipinski definition) is 4. The van der Waals surface area contributed by atoms with Crippen molar-refractivity contribution in [3.63, 3.8) is 0 Å². The van der Waals surface area contributed by atoms with Gasteiger partial charge in [-0.1, -0.05) is 53.6 Å². The minimum atomic E-state index is -1.62. The predicted molar refractivity (Wildman–Crippen MR) is 254 cm³/mol. The maximum atomic E-state index is 14.9. The van der Waals surface area contributed by atoms with Crippen LogP contribution in [0.25, 0.3) is 10.4 Å². The number of para-hydroxylation sites is 1. The molecule has 5 rings (SSSR count). The molecule has 6 atom stereocenters. The molecule has 22 heteroatoms. The molecule has 3 aromatic rings. The Labute approximate surface area is 403 Å². The summed E-state index contributed by atoms with van der Waals surface area (Å²) in [5, 5.41) is 12.0. The van der Waals surface area contributed by atoms with Gasteiger partial charge in [0.15, 0.2) is 6.61 Å². The van der Waals surface area contributed by atoms with Crippen molar-refractivity contribution in [2.24, 2.45) is 5.11 Å². The number of benzene rings is 2. The third kappa shape index (κ3) is 14.9. The van der Waals surface area contributed by atoms with Crippen LogP contribution < -0.4 is 31.9 Å². The van der Waals surface area contributed by atoms with Crippen LogP contribution in [0.5, 0.6) is 5.75 Å². The zero-order valence-corrected chi connectivity index (χ0v) is 40.9. The third-order valence-electron chi connectivity index (χ3n) is 11.3. The SMILES string of the molecule is Cc1cccc(C)c1OCC(=O)N[C@@H](Cc1ccccc1)[C@H](OC(=O)CCCC(=O)NCC(=O)OC[C@H]1O[C@@H](n2cc(C)c(=O)[nH]c2=O)CC1N=[N+]=[N-])C(=O)N1CSC(C)(C)[C@H]1C(=O)NC(C)(C)C. The van der Waals surface area contributed by atoms with Crippen LogP contribution in [0.3, 0.4) is 0 Å². The molecule has 372 valence electrons. The van der Waals surface area contributed by atoms with E-state index < -0.39 is 107 Å². The van der Waals surface area contributed by atoms with Gasteiger partial charge in [0.2, 0.25) is 17.9 Å². The molecule has 1 aromatic heterocycles. The first-order chi connectivity index (χ1) is 32.6. The van der Waals surface area contributed by atoms with E-state index in [0.717, 1.165) is 15.7 Å². The van der Waals surface area contributed by atoms with Gasteiger partial charge in [-0.25, -0.2) is 4.79 Å². The molecule has 2 aliphatic rings. The number of H-pyrrole nitrogens is 1. The van der Waals surface area contributed by atoms with Crippen LogP contribution in [0.4, 0.5) is 0 Å². The summed E-state index contributed by atoms with van der Waals surface area (Å²) in [5.41, 5.74) is 9.76. The standard InChI is InChI=1S/C47H61N9O12S/c1-27-14-12-15-28(2)39(27)66-25-35(58)50-32(20-30-16-10-9-11-17-30)40(44(63)56-26-69-47(7,8)41(56)43(62)52-46(4,5)6)68-37(59)19-13-18-34(57)49-22-38(60)65-24-33-31(53-54-48)21-36(67-33)55-23-29(3)42(61)51-45(55)64/h9-12,14-17,23,31-33,36,40-41H,13,18-22,24-26H2,1-8H3,(H,49,57)(H,50,58)(H,52,62)(H,51,61,64)/t31?,32-,33+,36+,40-,41+/m0/s1. The topological polar surface area (TPSA) is 282 Å². The van der Waals surface area contributed by atoms with Crippen molar-refractivity contribution < 1.29 is 47.7 Å². The number of ether oxygens (including phenoxy) is 4. The summed E-state index contributed by atoms with van der Waals surface area (Å²) in [6.45, 7) is 13.0. The molecule has 21 nitrogen and oxygen atoms in total. The van der Waals surface area contributed by atoms with Crippen molar-refractivity contribution in [1.82, 2.24) is 30.4 Å². The number of nitrogens with one attached hydrogen (secondary N) is 4. The maximum absolute atomic E-state index is 14.9. The third-order valence-corrected chi connectivity index (χ3v) is 12.7. The van der Waals surface area contributed by atoms with Gasteiger partial charge in [-0.15, -0.1) is 11.8 Å². The molecule has 0 bridgehead atoms. The van der Waals surface area contributed by atoms with Gasteiger partial charge in [0.25, 0.3) is 17.4 Å². The van der Waals surface area contributed by atoms with E-state index in [-0.39, 0.29) is 50.2 Å². The summed E-state index contributed by atoms with van der Waals surface area (Å²) in [7, 11) is 0. The highest BCUT2D eigenvalue weighted by Gasteiger charge is 2.51. The molecule has 2 aromatic carbocycles. The molecule has 2 saturated heterocycles. The Kier molecular flexibility index (Phi) is 18.2. The lowest BCUT2D eigenvalue weighted by molar-refractivity contribution is -0.164. The predicted octanol–water partition coefficient (Wildman–Crippen LogP) is 3.57. The highest BCUT2D eigenvalue weighted by atomic mass is 32.2. The Morgan fingerprint density at radius 3 is 2.33 bits per heavy atom. The highest BCUT2D eigenvalue weighted by molar-refractivity contribution is 8.00. The second-order valence-electron chi connectivity index (χ2n) is 18.5. The minimum Gasteiger partial charge on any atom is -0.483 e. The van der Waals surface area contributed by atoms with Gasteiger partial charge in [0.05, 0.1) is 18.0 Å². The number of carbonyl (C=O) groups excluding carboxylic acids is 6. The molecule has 0 aliphatic carbocycles. The van der Waals surface area contributed by atoms with Crippen LogP contribution >= 0.6 is 11.8 Å². The van der Waals surface area contributed by atoms with Gasteiger partial charge >= 0.3 is 17.6 Å². The molecule has 4 amide bonds. The number of hydrogen-bond acceptors (Lipinski definition) is 14. The molecule has 3 heterocycles. The van der Waals surface area contributed by atoms with Crippen molar-refractivity contribution in [3.8, 4) is 5.75 Å². The number of azide groups is 1. The molecule has 2 fully saturated rings. The number of esters is 2. The molecule has 0 radical (unpaired) electrons. The van der Waals surface area contributed by atoms with E-state index in [1.807, 2.05) is 72.7 Å². The van der Waals surface area contributed by atoms with Gasteiger partial charge in [-0.05, 0) is 90.5 Å². The quantitative estimate of drug-likeness (QED) is 0.0546. The number of aromatic nitrogens is 2. The number of aromatic amines is 1. The van der Waals surface area contributed by atoms with Crippen molar-refractivity contribution in [1.29, 1.82) is 0 Å². The van der Waals surface area contributed by atoms with E-state index in [1.54, 1.807) is 24.3 Å². The van der Waals surface area contributed by atoms with E-state index in [0.29, 0.717) is 11.3 Å². The van der Waals surface area contributed by atoms with E-state index >= 15 is 0 Å². The second kappa shape index (κ2) is 23.6. The van der Waals surface area contributed by atoms with Gasteiger partial charge in [-0.2, -0.15) is 0 Å². The molecular weight excluding hydrogens is 915 g/mol. The fourth-order valence-electron chi connectivity index (χ4n) is 7.94. The van der Waals surface area contributed by atoms with Gasteiger partial charge < -0.3 is 39.8 Å². The van der Waals surface area contributed by atoms with Crippen molar-refractivity contribution in [2.75, 3.05) is 25.6 Å². The molecular formula is C47H61N9O12S. The Hall–Kier alpha value is -6.64. The van der Waals surface area contributed by atoms with E-state index in [9.17, 15) is 38.4 Å². The summed E-state index contributed by atoms with van der Waals surface area (Å²) < 4.78 is 23.5. The molecule has 69 heavy (non-hydrogen) atoms. The van der Waals surface area contributed by atoms with Gasteiger partial charge in [0, 0.05) is 46.2 Å².